The van der Waals surface area contributed by atoms with Crippen molar-refractivity contribution in [3.05, 3.63) is 33.1 Å². The van der Waals surface area contributed by atoms with Gasteiger partial charge in [0.1, 0.15) is 0 Å². The van der Waals surface area contributed by atoms with Crippen LogP contribution in [0.1, 0.15) is 17.6 Å². The van der Waals surface area contributed by atoms with E-state index >= 15 is 0 Å². The van der Waals surface area contributed by atoms with Crippen molar-refractivity contribution < 1.29 is 8.78 Å². The maximum absolute atomic E-state index is 12.6. The molecule has 1 aromatic heterocycles. The van der Waals surface area contributed by atoms with E-state index in [2.05, 4.69) is 15.9 Å². The van der Waals surface area contributed by atoms with Gasteiger partial charge in [-0.15, -0.1) is 11.3 Å². The zero-order valence-corrected chi connectivity index (χ0v) is 9.75. The van der Waals surface area contributed by atoms with Crippen LogP contribution >= 0.6 is 27.3 Å². The first-order chi connectivity index (χ1) is 6.59. The van der Waals surface area contributed by atoms with Gasteiger partial charge in [-0.3, -0.25) is 0 Å². The summed E-state index contributed by atoms with van der Waals surface area (Å²) in [4.78, 5) is 0. The van der Waals surface area contributed by atoms with Gasteiger partial charge in [0.2, 0.25) is 0 Å². The van der Waals surface area contributed by atoms with Crippen molar-refractivity contribution in [1.29, 1.82) is 0 Å². The van der Waals surface area contributed by atoms with E-state index < -0.39 is 6.43 Å². The molecule has 74 valence electrons. The molecule has 2 aromatic rings. The van der Waals surface area contributed by atoms with E-state index in [1.165, 1.54) is 16.7 Å². The predicted molar refractivity (Wildman–Crippen MR) is 59.2 cm³/mol. The maximum atomic E-state index is 12.6. The SMILES string of the molecule is Cc1cc(Br)cc2c(C(F)F)csc12. The Morgan fingerprint density at radius 1 is 1.36 bits per heavy atom. The fourth-order valence-electron chi connectivity index (χ4n) is 1.46. The van der Waals surface area contributed by atoms with Gasteiger partial charge in [-0.2, -0.15) is 0 Å². The summed E-state index contributed by atoms with van der Waals surface area (Å²) in [5, 5.41) is 2.20. The number of hydrogen-bond acceptors (Lipinski definition) is 1. The Labute approximate surface area is 92.7 Å². The van der Waals surface area contributed by atoms with Crippen LogP contribution in [0.3, 0.4) is 0 Å². The Kier molecular flexibility index (Phi) is 2.58. The number of fused-ring (bicyclic) bond motifs is 1. The predicted octanol–water partition coefficient (Wildman–Crippen LogP) is 4.91. The third-order valence-electron chi connectivity index (χ3n) is 2.09. The molecule has 2 rings (SSSR count). The zero-order chi connectivity index (χ0) is 10.3. The Morgan fingerprint density at radius 2 is 2.07 bits per heavy atom. The molecule has 0 N–H and O–H groups in total. The van der Waals surface area contributed by atoms with Crippen molar-refractivity contribution >= 4 is 37.4 Å². The van der Waals surface area contributed by atoms with Crippen LogP contribution in [-0.4, -0.2) is 0 Å². The summed E-state index contributed by atoms with van der Waals surface area (Å²) < 4.78 is 27.0. The summed E-state index contributed by atoms with van der Waals surface area (Å²) in [6.45, 7) is 1.93. The van der Waals surface area contributed by atoms with Crippen LogP contribution in [0.15, 0.2) is 22.0 Å². The molecule has 0 atom stereocenters. The second kappa shape index (κ2) is 3.59. The van der Waals surface area contributed by atoms with E-state index in [1.807, 2.05) is 13.0 Å². The minimum Gasteiger partial charge on any atom is -0.205 e. The van der Waals surface area contributed by atoms with E-state index in [0.717, 1.165) is 14.7 Å². The molecule has 0 unspecified atom stereocenters. The fourth-order valence-corrected chi connectivity index (χ4v) is 3.05. The van der Waals surface area contributed by atoms with Crippen molar-refractivity contribution in [2.75, 3.05) is 0 Å². The van der Waals surface area contributed by atoms with Gasteiger partial charge in [0.25, 0.3) is 6.43 Å². The van der Waals surface area contributed by atoms with Crippen LogP contribution in [-0.2, 0) is 0 Å². The third kappa shape index (κ3) is 1.57. The van der Waals surface area contributed by atoms with E-state index in [-0.39, 0.29) is 5.56 Å². The largest absolute Gasteiger partial charge is 0.265 e. The fraction of sp³-hybridized carbons (Fsp3) is 0.200. The van der Waals surface area contributed by atoms with Gasteiger partial charge in [0.15, 0.2) is 0 Å². The van der Waals surface area contributed by atoms with Crippen molar-refractivity contribution in [3.8, 4) is 0 Å². The van der Waals surface area contributed by atoms with Crippen LogP contribution in [0.25, 0.3) is 10.1 Å². The Balaban J connectivity index is 2.78. The lowest BCUT2D eigenvalue weighted by atomic mass is 10.1. The second-order valence-electron chi connectivity index (χ2n) is 3.09. The molecule has 0 aliphatic carbocycles. The summed E-state index contributed by atoms with van der Waals surface area (Å²) in [7, 11) is 0. The molecule has 0 aliphatic rings. The smallest absolute Gasteiger partial charge is 0.205 e. The molecule has 0 nitrogen and oxygen atoms in total. The number of alkyl halides is 2. The zero-order valence-electron chi connectivity index (χ0n) is 7.35. The van der Waals surface area contributed by atoms with Gasteiger partial charge < -0.3 is 0 Å². The molecule has 0 bridgehead atoms. The summed E-state index contributed by atoms with van der Waals surface area (Å²) in [6, 6.07) is 3.69. The van der Waals surface area contributed by atoms with Gasteiger partial charge in [-0.25, -0.2) is 8.78 Å². The molecule has 0 amide bonds. The topological polar surface area (TPSA) is 0 Å². The van der Waals surface area contributed by atoms with E-state index in [0.29, 0.717) is 5.39 Å². The molecule has 14 heavy (non-hydrogen) atoms. The van der Waals surface area contributed by atoms with Crippen molar-refractivity contribution in [2.24, 2.45) is 0 Å². The first-order valence-electron chi connectivity index (χ1n) is 4.05. The van der Waals surface area contributed by atoms with Crippen molar-refractivity contribution in [2.45, 2.75) is 13.3 Å². The highest BCUT2D eigenvalue weighted by atomic mass is 79.9. The Hall–Kier alpha value is -0.480. The lowest BCUT2D eigenvalue weighted by Gasteiger charge is -2.00. The quantitative estimate of drug-likeness (QED) is 0.694. The number of thiophene rings is 1. The van der Waals surface area contributed by atoms with Gasteiger partial charge in [-0.05, 0) is 24.6 Å². The maximum Gasteiger partial charge on any atom is 0.265 e. The highest BCUT2D eigenvalue weighted by molar-refractivity contribution is 9.10. The molecule has 0 aliphatic heterocycles. The minimum absolute atomic E-state index is 0.134. The summed E-state index contributed by atoms with van der Waals surface area (Å²) in [6.07, 6.45) is -2.39. The molecular weight excluding hydrogens is 270 g/mol. The monoisotopic (exact) mass is 276 g/mol. The lowest BCUT2D eigenvalue weighted by molar-refractivity contribution is 0.153. The molecule has 1 heterocycles. The van der Waals surface area contributed by atoms with E-state index in [9.17, 15) is 8.78 Å². The standard InChI is InChI=1S/C10H7BrF2S/c1-5-2-6(11)3-7-8(10(12)13)4-14-9(5)7/h2-4,10H,1H3. The van der Waals surface area contributed by atoms with Gasteiger partial charge in [0.05, 0.1) is 0 Å². The average Bonchev–Trinajstić information content (AvgIpc) is 2.47. The average molecular weight is 277 g/mol. The molecule has 0 fully saturated rings. The van der Waals surface area contributed by atoms with Gasteiger partial charge in [0, 0.05) is 25.5 Å². The highest BCUT2D eigenvalue weighted by Gasteiger charge is 2.14. The summed E-state index contributed by atoms with van der Waals surface area (Å²) in [5.74, 6) is 0. The van der Waals surface area contributed by atoms with Crippen LogP contribution in [0.2, 0.25) is 0 Å². The van der Waals surface area contributed by atoms with Crippen LogP contribution in [0, 0.1) is 6.92 Å². The van der Waals surface area contributed by atoms with Crippen LogP contribution in [0.5, 0.6) is 0 Å². The van der Waals surface area contributed by atoms with Crippen molar-refractivity contribution in [3.63, 3.8) is 0 Å². The molecule has 0 saturated carbocycles. The van der Waals surface area contributed by atoms with E-state index in [1.54, 1.807) is 6.07 Å². The second-order valence-corrected chi connectivity index (χ2v) is 4.89. The number of hydrogen-bond donors (Lipinski definition) is 0. The first-order valence-corrected chi connectivity index (χ1v) is 5.72. The molecule has 4 heteroatoms. The molecule has 0 saturated heterocycles. The van der Waals surface area contributed by atoms with Gasteiger partial charge >= 0.3 is 0 Å². The normalized spacial score (nSPS) is 11.5. The molecular formula is C10H7BrF2S. The van der Waals surface area contributed by atoms with Crippen LogP contribution < -0.4 is 0 Å². The van der Waals surface area contributed by atoms with Crippen molar-refractivity contribution in [1.82, 2.24) is 0 Å². The summed E-state index contributed by atoms with van der Waals surface area (Å²) >= 11 is 4.69. The number of aryl methyl sites for hydroxylation is 1. The molecule has 1 aromatic carbocycles. The Bertz CT molecular complexity index is 476. The highest BCUT2D eigenvalue weighted by Crippen LogP contribution is 2.36. The van der Waals surface area contributed by atoms with Gasteiger partial charge in [-0.1, -0.05) is 15.9 Å². The Morgan fingerprint density at radius 3 is 2.71 bits per heavy atom. The number of benzene rings is 1. The first kappa shape index (κ1) is 10.1. The number of rotatable bonds is 1. The van der Waals surface area contributed by atoms with E-state index in [4.69, 9.17) is 0 Å². The lowest BCUT2D eigenvalue weighted by Crippen LogP contribution is -1.81. The number of halogens is 3. The molecule has 0 radical (unpaired) electrons. The summed E-state index contributed by atoms with van der Waals surface area (Å²) in [5.41, 5.74) is 1.17. The van der Waals surface area contributed by atoms with Crippen LogP contribution in [0.4, 0.5) is 8.78 Å². The minimum atomic E-state index is -2.39. The molecule has 0 spiro atoms. The third-order valence-corrected chi connectivity index (χ3v) is 3.70.